The highest BCUT2D eigenvalue weighted by molar-refractivity contribution is 9.10. The Hall–Kier alpha value is -2.29. The predicted molar refractivity (Wildman–Crippen MR) is 122 cm³/mol. The number of halogens is 3. The minimum atomic E-state index is -0.613. The van der Waals surface area contributed by atoms with Gasteiger partial charge in [-0.05, 0) is 53.5 Å². The third kappa shape index (κ3) is 3.42. The van der Waals surface area contributed by atoms with Crippen LogP contribution in [0.5, 0.6) is 0 Å². The second-order valence-corrected chi connectivity index (χ2v) is 8.87. The Bertz CT molecular complexity index is 1200. The van der Waals surface area contributed by atoms with Gasteiger partial charge in [0, 0.05) is 24.3 Å². The van der Waals surface area contributed by atoms with E-state index in [1.54, 1.807) is 19.2 Å². The van der Waals surface area contributed by atoms with Gasteiger partial charge in [-0.2, -0.15) is 0 Å². The lowest BCUT2D eigenvalue weighted by molar-refractivity contribution is 0.254. The first kappa shape index (κ1) is 21.0. The van der Waals surface area contributed by atoms with Gasteiger partial charge in [-0.15, -0.1) is 0 Å². The lowest BCUT2D eigenvalue weighted by atomic mass is 9.99. The number of pyridine rings is 1. The minimum Gasteiger partial charge on any atom is -0.316 e. The number of urea groups is 1. The van der Waals surface area contributed by atoms with Crippen LogP contribution in [0.15, 0.2) is 46.1 Å². The molecule has 3 heterocycles. The zero-order chi connectivity index (χ0) is 21.7. The summed E-state index contributed by atoms with van der Waals surface area (Å²) in [6, 6.07) is 7.64. The smallest absolute Gasteiger partial charge is 0.316 e. The van der Waals surface area contributed by atoms with Gasteiger partial charge in [-0.25, -0.2) is 9.78 Å². The molecule has 1 N–H and O–H groups in total. The molecule has 7 nitrogen and oxygen atoms in total. The highest BCUT2D eigenvalue weighted by Gasteiger charge is 2.40. The Balaban J connectivity index is 2.04. The lowest BCUT2D eigenvalue weighted by Crippen LogP contribution is -2.46. The number of hydrogen-bond acceptors (Lipinski definition) is 3. The molecule has 1 aliphatic rings. The van der Waals surface area contributed by atoms with E-state index >= 15 is 0 Å². The summed E-state index contributed by atoms with van der Waals surface area (Å²) < 4.78 is 3.92. The first-order valence-electron chi connectivity index (χ1n) is 9.18. The summed E-state index contributed by atoms with van der Waals surface area (Å²) in [6.45, 7) is 4.04. The van der Waals surface area contributed by atoms with Gasteiger partial charge >= 0.3 is 6.03 Å². The minimum absolute atomic E-state index is 0.0458. The van der Waals surface area contributed by atoms with Crippen molar-refractivity contribution in [3.8, 4) is 0 Å². The number of hydrogen-bond donors (Lipinski definition) is 1. The van der Waals surface area contributed by atoms with Gasteiger partial charge in [0.05, 0.1) is 10.7 Å². The molecule has 3 aromatic rings. The van der Waals surface area contributed by atoms with Crippen LogP contribution in [0.3, 0.4) is 0 Å². The number of aromatic nitrogens is 3. The van der Waals surface area contributed by atoms with Crippen LogP contribution in [-0.2, 0) is 7.05 Å². The first-order chi connectivity index (χ1) is 14.2. The van der Waals surface area contributed by atoms with E-state index in [0.29, 0.717) is 20.6 Å². The summed E-state index contributed by atoms with van der Waals surface area (Å²) in [5.74, 6) is 0.440. The molecule has 2 aromatic heterocycles. The van der Waals surface area contributed by atoms with Crippen LogP contribution in [0.4, 0.5) is 16.3 Å². The molecule has 4 rings (SSSR count). The molecule has 0 aliphatic carbocycles. The largest absolute Gasteiger partial charge is 0.328 e. The van der Waals surface area contributed by atoms with Gasteiger partial charge in [0.2, 0.25) is 0 Å². The molecule has 2 amide bonds. The van der Waals surface area contributed by atoms with E-state index in [2.05, 4.69) is 26.2 Å². The van der Waals surface area contributed by atoms with Crippen molar-refractivity contribution in [1.82, 2.24) is 14.1 Å². The Kier molecular flexibility index (Phi) is 5.42. The number of aryl methyl sites for hydroxylation is 1. The topological polar surface area (TPSA) is 72.2 Å². The van der Waals surface area contributed by atoms with E-state index in [1.165, 1.54) is 21.7 Å². The van der Waals surface area contributed by atoms with Crippen LogP contribution >= 0.6 is 39.1 Å². The number of amides is 2. The highest BCUT2D eigenvalue weighted by Crippen LogP contribution is 2.42. The molecule has 0 saturated heterocycles. The van der Waals surface area contributed by atoms with E-state index in [1.807, 2.05) is 30.5 Å². The molecule has 0 saturated carbocycles. The molecule has 156 valence electrons. The van der Waals surface area contributed by atoms with Crippen molar-refractivity contribution in [2.24, 2.45) is 7.05 Å². The molecular formula is C20H18BrCl2N5O2. The molecule has 1 aromatic carbocycles. The SMILES string of the molecule is CC(C)n1c(Br)nc2c1C(c1ccc(Cl)cc1)N(c1cc(Cl)cn(C)c1=O)C(=O)N2. The van der Waals surface area contributed by atoms with Crippen LogP contribution < -0.4 is 15.8 Å². The molecule has 0 fully saturated rings. The fourth-order valence-electron chi connectivity index (χ4n) is 3.69. The van der Waals surface area contributed by atoms with Gasteiger partial charge in [0.15, 0.2) is 10.6 Å². The summed E-state index contributed by atoms with van der Waals surface area (Å²) in [6.07, 6.45) is 1.51. The Morgan fingerprint density at radius 1 is 1.13 bits per heavy atom. The van der Waals surface area contributed by atoms with Gasteiger partial charge in [0.1, 0.15) is 11.7 Å². The number of anilines is 2. The third-order valence-electron chi connectivity index (χ3n) is 4.96. The van der Waals surface area contributed by atoms with Gasteiger partial charge in [-0.3, -0.25) is 15.0 Å². The average molecular weight is 511 g/mol. The standard InChI is InChI=1S/C20H18BrCl2N5O2/c1-10(2)27-16-15(11-4-6-12(22)7-5-11)28(20(30)25-17(16)24-19(27)21)14-8-13(23)9-26(3)18(14)29/h4-10,15H,1-3H3,(H,25,30). The Morgan fingerprint density at radius 3 is 2.43 bits per heavy atom. The first-order valence-corrected chi connectivity index (χ1v) is 10.7. The van der Waals surface area contributed by atoms with E-state index < -0.39 is 12.1 Å². The summed E-state index contributed by atoms with van der Waals surface area (Å²) in [5.41, 5.74) is 1.36. The molecule has 0 spiro atoms. The van der Waals surface area contributed by atoms with Gasteiger partial charge in [-0.1, -0.05) is 35.3 Å². The molecular weight excluding hydrogens is 493 g/mol. The predicted octanol–water partition coefficient (Wildman–Crippen LogP) is 5.37. The molecule has 10 heteroatoms. The fraction of sp³-hybridized carbons (Fsp3) is 0.250. The van der Waals surface area contributed by atoms with Crippen molar-refractivity contribution < 1.29 is 4.79 Å². The van der Waals surface area contributed by atoms with Gasteiger partial charge < -0.3 is 9.13 Å². The lowest BCUT2D eigenvalue weighted by Gasteiger charge is -2.36. The highest BCUT2D eigenvalue weighted by atomic mass is 79.9. The van der Waals surface area contributed by atoms with Crippen LogP contribution in [-0.4, -0.2) is 20.1 Å². The van der Waals surface area contributed by atoms with E-state index in [4.69, 9.17) is 23.2 Å². The maximum absolute atomic E-state index is 13.2. The quantitative estimate of drug-likeness (QED) is 0.514. The molecule has 0 radical (unpaired) electrons. The van der Waals surface area contributed by atoms with E-state index in [9.17, 15) is 9.59 Å². The molecule has 1 atom stereocenters. The Morgan fingerprint density at radius 2 is 1.80 bits per heavy atom. The second-order valence-electron chi connectivity index (χ2n) is 7.29. The summed E-state index contributed by atoms with van der Waals surface area (Å²) in [7, 11) is 1.59. The third-order valence-corrected chi connectivity index (χ3v) is 5.98. The number of nitrogens with zero attached hydrogens (tertiary/aromatic N) is 4. The number of carbonyl (C=O) groups is 1. The van der Waals surface area contributed by atoms with Crippen molar-refractivity contribution in [2.75, 3.05) is 10.2 Å². The summed E-state index contributed by atoms with van der Waals surface area (Å²) in [5, 5.41) is 3.73. The summed E-state index contributed by atoms with van der Waals surface area (Å²) in [4.78, 5) is 32.1. The zero-order valence-electron chi connectivity index (χ0n) is 16.4. The number of imidazole rings is 1. The molecule has 0 bridgehead atoms. The number of nitrogens with one attached hydrogen (secondary N) is 1. The van der Waals surface area contributed by atoms with Crippen molar-refractivity contribution in [2.45, 2.75) is 25.9 Å². The van der Waals surface area contributed by atoms with Crippen molar-refractivity contribution in [1.29, 1.82) is 0 Å². The number of rotatable bonds is 3. The van der Waals surface area contributed by atoms with Gasteiger partial charge in [0.25, 0.3) is 5.56 Å². The maximum atomic E-state index is 13.2. The monoisotopic (exact) mass is 509 g/mol. The van der Waals surface area contributed by atoms with Crippen molar-refractivity contribution in [3.05, 3.63) is 72.9 Å². The Labute approximate surface area is 191 Å². The fourth-order valence-corrected chi connectivity index (χ4v) is 4.84. The summed E-state index contributed by atoms with van der Waals surface area (Å²) >= 11 is 15.8. The number of carbonyl (C=O) groups excluding carboxylic acids is 1. The van der Waals surface area contributed by atoms with Crippen molar-refractivity contribution in [3.63, 3.8) is 0 Å². The van der Waals surface area contributed by atoms with Crippen LogP contribution in [0.25, 0.3) is 0 Å². The molecule has 1 unspecified atom stereocenters. The number of fused-ring (bicyclic) bond motifs is 1. The number of benzene rings is 1. The van der Waals surface area contributed by atoms with E-state index in [-0.39, 0.29) is 17.3 Å². The molecule has 1 aliphatic heterocycles. The normalized spacial score (nSPS) is 16.0. The van der Waals surface area contributed by atoms with E-state index in [0.717, 1.165) is 11.3 Å². The zero-order valence-corrected chi connectivity index (χ0v) is 19.5. The van der Waals surface area contributed by atoms with Crippen molar-refractivity contribution >= 4 is 56.7 Å². The second kappa shape index (κ2) is 7.76. The van der Waals surface area contributed by atoms with Crippen LogP contribution in [0, 0.1) is 0 Å². The molecule has 30 heavy (non-hydrogen) atoms. The van der Waals surface area contributed by atoms with Crippen LogP contribution in [0.2, 0.25) is 10.0 Å². The van der Waals surface area contributed by atoms with Crippen LogP contribution in [0.1, 0.15) is 37.2 Å². The maximum Gasteiger partial charge on any atom is 0.328 e. The average Bonchev–Trinajstić information content (AvgIpc) is 3.00.